The lowest BCUT2D eigenvalue weighted by Gasteiger charge is -2.20. The Morgan fingerprint density at radius 3 is 3.06 bits per heavy atom. The van der Waals surface area contributed by atoms with E-state index in [-0.39, 0.29) is 16.5 Å². The number of hydrogen-bond acceptors (Lipinski definition) is 2. The zero-order chi connectivity index (χ0) is 13.1. The second kappa shape index (κ2) is 5.67. The van der Waals surface area contributed by atoms with Gasteiger partial charge >= 0.3 is 0 Å². The third-order valence-electron chi connectivity index (χ3n) is 3.06. The summed E-state index contributed by atoms with van der Waals surface area (Å²) in [6.45, 7) is 2.02. The first-order valence-electron chi connectivity index (χ1n) is 5.86. The Hall–Kier alpha value is -1.13. The molecular weight excluding hydrogens is 257 g/mol. The van der Waals surface area contributed by atoms with Crippen LogP contribution in [0.4, 0.5) is 4.39 Å². The molecule has 98 valence electrons. The number of ether oxygens (including phenoxy) is 1. The molecule has 5 heteroatoms. The van der Waals surface area contributed by atoms with Crippen molar-refractivity contribution in [2.24, 2.45) is 5.92 Å². The zero-order valence-electron chi connectivity index (χ0n) is 10.2. The molecule has 1 saturated heterocycles. The van der Waals surface area contributed by atoms with E-state index in [2.05, 4.69) is 0 Å². The van der Waals surface area contributed by atoms with E-state index in [0.29, 0.717) is 19.1 Å². The van der Waals surface area contributed by atoms with Gasteiger partial charge in [-0.3, -0.25) is 4.79 Å². The zero-order valence-corrected chi connectivity index (χ0v) is 10.9. The van der Waals surface area contributed by atoms with Crippen LogP contribution in [0.15, 0.2) is 18.2 Å². The Labute approximate surface area is 110 Å². The van der Waals surface area contributed by atoms with Crippen molar-refractivity contribution in [3.8, 4) is 0 Å². The van der Waals surface area contributed by atoms with Gasteiger partial charge in [-0.05, 0) is 24.6 Å². The van der Waals surface area contributed by atoms with Gasteiger partial charge in [0.25, 0.3) is 5.91 Å². The number of carbonyl (C=O) groups excluding carboxylic acids is 1. The summed E-state index contributed by atoms with van der Waals surface area (Å²) in [7, 11) is 1.70. The van der Waals surface area contributed by atoms with Gasteiger partial charge in [0.05, 0.1) is 17.2 Å². The van der Waals surface area contributed by atoms with Crippen molar-refractivity contribution in [3.05, 3.63) is 34.6 Å². The van der Waals surface area contributed by atoms with Crippen LogP contribution >= 0.6 is 11.6 Å². The molecule has 0 aromatic heterocycles. The second-order valence-corrected chi connectivity index (χ2v) is 4.95. The predicted molar refractivity (Wildman–Crippen MR) is 67.3 cm³/mol. The van der Waals surface area contributed by atoms with Crippen molar-refractivity contribution in [3.63, 3.8) is 0 Å². The highest BCUT2D eigenvalue weighted by Gasteiger charge is 2.22. The van der Waals surface area contributed by atoms with Crippen LogP contribution in [0.1, 0.15) is 16.8 Å². The molecule has 1 atom stereocenters. The van der Waals surface area contributed by atoms with Crippen molar-refractivity contribution in [1.82, 2.24) is 4.90 Å². The van der Waals surface area contributed by atoms with Crippen LogP contribution in [-0.2, 0) is 4.74 Å². The first-order valence-corrected chi connectivity index (χ1v) is 6.24. The van der Waals surface area contributed by atoms with E-state index in [0.717, 1.165) is 13.0 Å². The highest BCUT2D eigenvalue weighted by Crippen LogP contribution is 2.20. The Morgan fingerprint density at radius 2 is 2.39 bits per heavy atom. The average molecular weight is 272 g/mol. The standard InChI is InChI=1S/C13H15ClFNO2/c1-16(7-9-4-5-18-8-9)13(17)11-6-10(15)2-3-12(11)14/h2-3,6,9H,4-5,7-8H2,1H3. The molecule has 1 aliphatic heterocycles. The molecule has 3 nitrogen and oxygen atoms in total. The summed E-state index contributed by atoms with van der Waals surface area (Å²) in [6, 6.07) is 3.81. The number of amides is 1. The maximum Gasteiger partial charge on any atom is 0.255 e. The fraction of sp³-hybridized carbons (Fsp3) is 0.462. The van der Waals surface area contributed by atoms with Crippen molar-refractivity contribution in [1.29, 1.82) is 0 Å². The van der Waals surface area contributed by atoms with Crippen molar-refractivity contribution in [2.75, 3.05) is 26.8 Å². The molecule has 1 amide bonds. The molecule has 1 unspecified atom stereocenters. The summed E-state index contributed by atoms with van der Waals surface area (Å²) in [5.74, 6) is -0.363. The van der Waals surface area contributed by atoms with E-state index < -0.39 is 5.82 Å². The van der Waals surface area contributed by atoms with Crippen molar-refractivity contribution in [2.45, 2.75) is 6.42 Å². The summed E-state index contributed by atoms with van der Waals surface area (Å²) >= 11 is 5.91. The fourth-order valence-corrected chi connectivity index (χ4v) is 2.26. The van der Waals surface area contributed by atoms with Crippen molar-refractivity contribution >= 4 is 17.5 Å². The summed E-state index contributed by atoms with van der Waals surface area (Å²) in [4.78, 5) is 13.7. The predicted octanol–water partition coefficient (Wildman–Crippen LogP) is 2.59. The van der Waals surface area contributed by atoms with Crippen LogP contribution < -0.4 is 0 Å². The number of rotatable bonds is 3. The third-order valence-corrected chi connectivity index (χ3v) is 3.39. The Morgan fingerprint density at radius 1 is 1.61 bits per heavy atom. The summed E-state index contributed by atoms with van der Waals surface area (Å²) in [5.41, 5.74) is 0.207. The van der Waals surface area contributed by atoms with Crippen LogP contribution in [0.3, 0.4) is 0 Å². The minimum Gasteiger partial charge on any atom is -0.381 e. The number of hydrogen-bond donors (Lipinski definition) is 0. The summed E-state index contributed by atoms with van der Waals surface area (Å²) in [5, 5.41) is 0.274. The van der Waals surface area contributed by atoms with Gasteiger partial charge in [0.2, 0.25) is 0 Å². The quantitative estimate of drug-likeness (QED) is 0.846. The summed E-state index contributed by atoms with van der Waals surface area (Å²) in [6.07, 6.45) is 0.953. The fourth-order valence-electron chi connectivity index (χ4n) is 2.06. The van der Waals surface area contributed by atoms with E-state index in [1.165, 1.54) is 18.2 Å². The molecule has 1 aromatic rings. The van der Waals surface area contributed by atoms with Crippen LogP contribution in [0, 0.1) is 11.7 Å². The molecule has 0 aliphatic carbocycles. The van der Waals surface area contributed by atoms with Crippen molar-refractivity contribution < 1.29 is 13.9 Å². The van der Waals surface area contributed by atoms with Crippen LogP contribution in [-0.4, -0.2) is 37.6 Å². The lowest BCUT2D eigenvalue weighted by Crippen LogP contribution is -2.32. The van der Waals surface area contributed by atoms with E-state index in [1.54, 1.807) is 11.9 Å². The number of nitrogens with zero attached hydrogens (tertiary/aromatic N) is 1. The van der Waals surface area contributed by atoms with E-state index in [9.17, 15) is 9.18 Å². The Kier molecular flexibility index (Phi) is 4.19. The number of halogens is 2. The third kappa shape index (κ3) is 3.00. The van der Waals surface area contributed by atoms with E-state index in [4.69, 9.17) is 16.3 Å². The lowest BCUT2D eigenvalue weighted by molar-refractivity contribution is 0.0766. The van der Waals surface area contributed by atoms with Crippen LogP contribution in [0.25, 0.3) is 0 Å². The highest BCUT2D eigenvalue weighted by molar-refractivity contribution is 6.33. The molecule has 18 heavy (non-hydrogen) atoms. The molecule has 0 saturated carbocycles. The molecule has 1 aromatic carbocycles. The molecule has 0 bridgehead atoms. The largest absolute Gasteiger partial charge is 0.381 e. The summed E-state index contributed by atoms with van der Waals surface area (Å²) < 4.78 is 18.4. The van der Waals surface area contributed by atoms with E-state index in [1.807, 2.05) is 0 Å². The SMILES string of the molecule is CN(CC1CCOC1)C(=O)c1cc(F)ccc1Cl. The minimum atomic E-state index is -0.458. The molecular formula is C13H15ClFNO2. The van der Waals surface area contributed by atoms with E-state index >= 15 is 0 Å². The maximum absolute atomic E-state index is 13.1. The van der Waals surface area contributed by atoms with Gasteiger partial charge < -0.3 is 9.64 Å². The first-order chi connectivity index (χ1) is 8.58. The number of benzene rings is 1. The molecule has 0 N–H and O–H groups in total. The maximum atomic E-state index is 13.1. The molecule has 1 heterocycles. The van der Waals surface area contributed by atoms with Crippen LogP contribution in [0.2, 0.25) is 5.02 Å². The smallest absolute Gasteiger partial charge is 0.255 e. The molecule has 0 spiro atoms. The lowest BCUT2D eigenvalue weighted by atomic mass is 10.1. The molecule has 1 fully saturated rings. The van der Waals surface area contributed by atoms with Gasteiger partial charge in [-0.15, -0.1) is 0 Å². The normalized spacial score (nSPS) is 18.9. The topological polar surface area (TPSA) is 29.5 Å². The van der Waals surface area contributed by atoms with Gasteiger partial charge in [0.15, 0.2) is 0 Å². The van der Waals surface area contributed by atoms with Crippen LogP contribution in [0.5, 0.6) is 0 Å². The number of carbonyl (C=O) groups is 1. The second-order valence-electron chi connectivity index (χ2n) is 4.54. The van der Waals surface area contributed by atoms with Gasteiger partial charge in [-0.25, -0.2) is 4.39 Å². The molecule has 0 radical (unpaired) electrons. The van der Waals surface area contributed by atoms with Gasteiger partial charge in [-0.1, -0.05) is 11.6 Å². The monoisotopic (exact) mass is 271 g/mol. The average Bonchev–Trinajstić information content (AvgIpc) is 2.84. The molecule has 2 rings (SSSR count). The Balaban J connectivity index is 2.07. The Bertz CT molecular complexity index is 447. The van der Waals surface area contributed by atoms with Gasteiger partial charge in [0, 0.05) is 26.1 Å². The minimum absolute atomic E-state index is 0.207. The van der Waals surface area contributed by atoms with Gasteiger partial charge in [-0.2, -0.15) is 0 Å². The molecule has 1 aliphatic rings. The van der Waals surface area contributed by atoms with Gasteiger partial charge in [0.1, 0.15) is 5.82 Å². The first kappa shape index (κ1) is 13.3. The highest BCUT2D eigenvalue weighted by atomic mass is 35.5.